The van der Waals surface area contributed by atoms with Gasteiger partial charge in [-0.3, -0.25) is 0 Å². The van der Waals surface area contributed by atoms with Crippen molar-refractivity contribution >= 4 is 55.7 Å². The van der Waals surface area contributed by atoms with Crippen LogP contribution in [0.5, 0.6) is 0 Å². The van der Waals surface area contributed by atoms with E-state index < -0.39 is 0 Å². The maximum Gasteiger partial charge on any atom is 0.127 e. The van der Waals surface area contributed by atoms with Crippen LogP contribution in [0.25, 0.3) is 20.8 Å². The molecule has 0 aliphatic heterocycles. The Balaban J connectivity index is 1.64. The minimum atomic E-state index is 0.724. The predicted octanol–water partition coefficient (Wildman–Crippen LogP) is 6.92. The number of hydrogen-bond acceptors (Lipinski definition) is 4. The van der Waals surface area contributed by atoms with Crippen LogP contribution in [0, 0.1) is 0 Å². The van der Waals surface area contributed by atoms with E-state index in [9.17, 15) is 0 Å². The molecule has 2 heterocycles. The van der Waals surface area contributed by atoms with Crippen molar-refractivity contribution < 1.29 is 0 Å². The van der Waals surface area contributed by atoms with Gasteiger partial charge in [0.25, 0.3) is 0 Å². The van der Waals surface area contributed by atoms with Gasteiger partial charge in [0.1, 0.15) is 10.0 Å². The maximum absolute atomic E-state index is 6.28. The van der Waals surface area contributed by atoms with Crippen LogP contribution >= 0.6 is 34.3 Å². The van der Waals surface area contributed by atoms with Crippen LogP contribution in [0.1, 0.15) is 22.4 Å². The van der Waals surface area contributed by atoms with Crippen molar-refractivity contribution in [1.82, 2.24) is 4.98 Å². The molecule has 0 unspecified atom stereocenters. The molecular formula is C21H15ClN2S2. The van der Waals surface area contributed by atoms with Crippen LogP contribution in [0.3, 0.4) is 0 Å². The van der Waals surface area contributed by atoms with E-state index in [2.05, 4.69) is 18.2 Å². The van der Waals surface area contributed by atoms with E-state index >= 15 is 0 Å². The number of hydrogen-bond donors (Lipinski definition) is 0. The van der Waals surface area contributed by atoms with Crippen molar-refractivity contribution in [3.05, 3.63) is 69.6 Å². The van der Waals surface area contributed by atoms with Crippen LogP contribution in [-0.4, -0.2) is 11.2 Å². The smallest absolute Gasteiger partial charge is 0.127 e. The lowest BCUT2D eigenvalue weighted by molar-refractivity contribution is 0.915. The third-order valence-electron chi connectivity index (χ3n) is 4.64. The fourth-order valence-corrected chi connectivity index (χ4v) is 5.91. The van der Waals surface area contributed by atoms with E-state index in [1.54, 1.807) is 22.7 Å². The van der Waals surface area contributed by atoms with Gasteiger partial charge in [-0.1, -0.05) is 41.9 Å². The fraction of sp³-hybridized carbons (Fsp3) is 0.143. The first-order chi connectivity index (χ1) is 12.8. The van der Waals surface area contributed by atoms with Crippen molar-refractivity contribution in [1.29, 1.82) is 0 Å². The summed E-state index contributed by atoms with van der Waals surface area (Å²) in [6, 6.07) is 16.1. The lowest BCUT2D eigenvalue weighted by Gasteiger charge is -2.00. The number of aryl methyl sites for hydroxylation is 1. The number of nitrogens with zero attached hydrogens (tertiary/aromatic N) is 2. The van der Waals surface area contributed by atoms with Crippen molar-refractivity contribution in [3.8, 4) is 10.6 Å². The molecule has 0 spiro atoms. The van der Waals surface area contributed by atoms with Crippen LogP contribution in [0.15, 0.2) is 53.5 Å². The number of thiazole rings is 1. The van der Waals surface area contributed by atoms with Crippen LogP contribution < -0.4 is 0 Å². The lowest BCUT2D eigenvalue weighted by Crippen LogP contribution is -1.83. The highest BCUT2D eigenvalue weighted by Crippen LogP contribution is 2.48. The zero-order valence-corrected chi connectivity index (χ0v) is 16.3. The summed E-state index contributed by atoms with van der Waals surface area (Å²) >= 11 is 9.84. The molecule has 0 saturated heterocycles. The molecule has 1 aliphatic rings. The summed E-state index contributed by atoms with van der Waals surface area (Å²) < 4.78 is 1.22. The summed E-state index contributed by atoms with van der Waals surface area (Å²) in [5.74, 6) is 0. The zero-order valence-electron chi connectivity index (χ0n) is 13.9. The molecule has 5 rings (SSSR count). The number of aliphatic imine (C=N–C) groups is 1. The predicted molar refractivity (Wildman–Crippen MR) is 114 cm³/mol. The molecule has 0 amide bonds. The number of fused-ring (bicyclic) bond motifs is 2. The van der Waals surface area contributed by atoms with Gasteiger partial charge in [0.2, 0.25) is 0 Å². The third-order valence-corrected chi connectivity index (χ3v) is 7.23. The second kappa shape index (κ2) is 6.62. The van der Waals surface area contributed by atoms with E-state index in [-0.39, 0.29) is 0 Å². The largest absolute Gasteiger partial charge is 0.245 e. The molecule has 0 N–H and O–H groups in total. The Kier molecular flexibility index (Phi) is 4.12. The number of thiophene rings is 1. The van der Waals surface area contributed by atoms with Gasteiger partial charge < -0.3 is 0 Å². The summed E-state index contributed by atoms with van der Waals surface area (Å²) in [4.78, 5) is 11.2. The molecule has 0 fully saturated rings. The quantitative estimate of drug-likeness (QED) is 0.346. The first-order valence-corrected chi connectivity index (χ1v) is 10.6. The average molecular weight is 395 g/mol. The van der Waals surface area contributed by atoms with Gasteiger partial charge in [0.05, 0.1) is 15.8 Å². The minimum Gasteiger partial charge on any atom is -0.245 e. The molecule has 5 heteroatoms. The molecule has 1 aliphatic carbocycles. The molecule has 0 bridgehead atoms. The highest BCUT2D eigenvalue weighted by atomic mass is 35.5. The number of rotatable bonds is 3. The molecule has 2 nitrogen and oxygen atoms in total. The van der Waals surface area contributed by atoms with Gasteiger partial charge in [-0.25, -0.2) is 9.98 Å². The van der Waals surface area contributed by atoms with Crippen LogP contribution in [0.4, 0.5) is 5.00 Å². The van der Waals surface area contributed by atoms with Gasteiger partial charge >= 0.3 is 0 Å². The number of aromatic nitrogens is 1. The van der Waals surface area contributed by atoms with Crippen molar-refractivity contribution in [2.45, 2.75) is 19.3 Å². The van der Waals surface area contributed by atoms with Crippen molar-refractivity contribution in [3.63, 3.8) is 0 Å². The Morgan fingerprint density at radius 1 is 1.00 bits per heavy atom. The Morgan fingerprint density at radius 2 is 1.85 bits per heavy atom. The highest BCUT2D eigenvalue weighted by molar-refractivity contribution is 7.22. The Morgan fingerprint density at radius 3 is 2.73 bits per heavy atom. The molecular weight excluding hydrogens is 380 g/mol. The molecule has 0 atom stereocenters. The number of benzene rings is 2. The van der Waals surface area contributed by atoms with Gasteiger partial charge in [-0.2, -0.15) is 0 Å². The summed E-state index contributed by atoms with van der Waals surface area (Å²) in [6.45, 7) is 0. The Bertz CT molecular complexity index is 1110. The topological polar surface area (TPSA) is 25.2 Å². The monoisotopic (exact) mass is 394 g/mol. The third kappa shape index (κ3) is 2.78. The molecule has 26 heavy (non-hydrogen) atoms. The summed E-state index contributed by atoms with van der Waals surface area (Å²) in [6.07, 6.45) is 5.38. The van der Waals surface area contributed by atoms with E-state index in [4.69, 9.17) is 21.6 Å². The molecule has 0 saturated carbocycles. The van der Waals surface area contributed by atoms with Gasteiger partial charge in [-0.05, 0) is 43.0 Å². The minimum absolute atomic E-state index is 0.724. The maximum atomic E-state index is 6.28. The van der Waals surface area contributed by atoms with E-state index in [0.717, 1.165) is 39.0 Å². The van der Waals surface area contributed by atoms with Gasteiger partial charge in [0, 0.05) is 21.7 Å². The van der Waals surface area contributed by atoms with Crippen molar-refractivity contribution in [2.24, 2.45) is 4.99 Å². The average Bonchev–Trinajstić information content (AvgIpc) is 3.34. The normalized spacial score (nSPS) is 13.7. The standard InChI is InChI=1S/C21H15ClN2S2/c22-15-8-2-1-6-13(15)12-23-20-19(14-7-5-11-17(14)25-20)21-24-16-9-3-4-10-18(16)26-21/h1-4,6,8-10,12H,5,7,11H2/b23-12+. The summed E-state index contributed by atoms with van der Waals surface area (Å²) in [5.41, 5.74) is 4.68. The molecule has 0 radical (unpaired) electrons. The Labute approximate surface area is 164 Å². The second-order valence-electron chi connectivity index (χ2n) is 6.30. The molecule has 2 aromatic carbocycles. The van der Waals surface area contributed by atoms with E-state index in [0.29, 0.717) is 0 Å². The zero-order chi connectivity index (χ0) is 17.5. The van der Waals surface area contributed by atoms with Gasteiger partial charge in [0.15, 0.2) is 0 Å². The second-order valence-corrected chi connectivity index (χ2v) is 8.83. The number of para-hydroxylation sites is 1. The fourth-order valence-electron chi connectivity index (χ4n) is 3.39. The Hall–Kier alpha value is -2.01. The number of halogens is 1. The lowest BCUT2D eigenvalue weighted by atomic mass is 10.1. The van der Waals surface area contributed by atoms with Crippen LogP contribution in [0.2, 0.25) is 5.02 Å². The molecule has 4 aromatic rings. The molecule has 128 valence electrons. The first-order valence-electron chi connectivity index (χ1n) is 8.58. The van der Waals surface area contributed by atoms with Crippen LogP contribution in [-0.2, 0) is 12.8 Å². The molecule has 2 aromatic heterocycles. The SMILES string of the molecule is Clc1ccccc1/C=N/c1sc2c(c1-c1nc3ccccc3s1)CCC2. The highest BCUT2D eigenvalue weighted by Gasteiger charge is 2.25. The summed E-state index contributed by atoms with van der Waals surface area (Å²) in [5, 5.41) is 2.85. The van der Waals surface area contributed by atoms with E-state index in [1.807, 2.05) is 36.5 Å². The first kappa shape index (κ1) is 16.2. The van der Waals surface area contributed by atoms with E-state index in [1.165, 1.54) is 27.1 Å². The van der Waals surface area contributed by atoms with Crippen molar-refractivity contribution in [2.75, 3.05) is 0 Å². The van der Waals surface area contributed by atoms with Gasteiger partial charge in [-0.15, -0.1) is 22.7 Å². The summed E-state index contributed by atoms with van der Waals surface area (Å²) in [7, 11) is 0.